The van der Waals surface area contributed by atoms with Gasteiger partial charge < -0.3 is 5.32 Å². The Bertz CT molecular complexity index is 348. The zero-order valence-corrected chi connectivity index (χ0v) is 11.1. The van der Waals surface area contributed by atoms with Gasteiger partial charge in [0.05, 0.1) is 6.04 Å². The largest absolute Gasteiger partial charge is 0.303 e. The van der Waals surface area contributed by atoms with Crippen molar-refractivity contribution < 1.29 is 0 Å². The molecule has 0 heterocycles. The van der Waals surface area contributed by atoms with E-state index >= 15 is 0 Å². The number of nitrogens with one attached hydrogen (secondary N) is 1. The third-order valence-electron chi connectivity index (χ3n) is 3.23. The van der Waals surface area contributed by atoms with Gasteiger partial charge in [-0.05, 0) is 23.8 Å². The van der Waals surface area contributed by atoms with E-state index in [1.165, 1.54) is 5.56 Å². The van der Waals surface area contributed by atoms with Crippen LogP contribution in [0.3, 0.4) is 0 Å². The summed E-state index contributed by atoms with van der Waals surface area (Å²) in [6, 6.07) is 10.9. The maximum Gasteiger partial charge on any atom is 0.0684 e. The SMILES string of the molecule is C#CC(CC)NCC(c1ccccc1)C(C)C. The third kappa shape index (κ3) is 4.24. The summed E-state index contributed by atoms with van der Waals surface area (Å²) >= 11 is 0. The highest BCUT2D eigenvalue weighted by Crippen LogP contribution is 2.23. The average molecular weight is 229 g/mol. The number of terminal acetylenes is 1. The van der Waals surface area contributed by atoms with Crippen LogP contribution in [0.5, 0.6) is 0 Å². The maximum atomic E-state index is 5.47. The van der Waals surface area contributed by atoms with Crippen molar-refractivity contribution in [1.82, 2.24) is 5.32 Å². The lowest BCUT2D eigenvalue weighted by atomic mass is 9.88. The molecule has 2 atom stereocenters. The summed E-state index contributed by atoms with van der Waals surface area (Å²) in [4.78, 5) is 0. The number of hydrogen-bond donors (Lipinski definition) is 1. The molecule has 0 aliphatic carbocycles. The third-order valence-corrected chi connectivity index (χ3v) is 3.23. The van der Waals surface area contributed by atoms with Crippen molar-refractivity contribution in [2.24, 2.45) is 5.92 Å². The van der Waals surface area contributed by atoms with Gasteiger partial charge in [0.15, 0.2) is 0 Å². The van der Waals surface area contributed by atoms with E-state index in [-0.39, 0.29) is 6.04 Å². The Morgan fingerprint density at radius 3 is 2.35 bits per heavy atom. The van der Waals surface area contributed by atoms with E-state index in [2.05, 4.69) is 62.3 Å². The van der Waals surface area contributed by atoms with Crippen LogP contribution in [0, 0.1) is 18.3 Å². The first-order chi connectivity index (χ1) is 8.19. The Morgan fingerprint density at radius 2 is 1.88 bits per heavy atom. The first-order valence-electron chi connectivity index (χ1n) is 6.43. The smallest absolute Gasteiger partial charge is 0.0684 e. The van der Waals surface area contributed by atoms with Crippen molar-refractivity contribution in [3.8, 4) is 12.3 Å². The lowest BCUT2D eigenvalue weighted by Gasteiger charge is -2.23. The van der Waals surface area contributed by atoms with E-state index < -0.39 is 0 Å². The van der Waals surface area contributed by atoms with Gasteiger partial charge in [-0.3, -0.25) is 0 Å². The van der Waals surface area contributed by atoms with Crippen LogP contribution in [0.25, 0.3) is 0 Å². The van der Waals surface area contributed by atoms with Crippen LogP contribution in [-0.4, -0.2) is 12.6 Å². The van der Waals surface area contributed by atoms with Crippen molar-refractivity contribution in [2.75, 3.05) is 6.54 Å². The zero-order valence-electron chi connectivity index (χ0n) is 11.1. The van der Waals surface area contributed by atoms with Gasteiger partial charge in [-0.2, -0.15) is 0 Å². The number of hydrogen-bond acceptors (Lipinski definition) is 1. The fourth-order valence-electron chi connectivity index (χ4n) is 2.03. The second-order valence-corrected chi connectivity index (χ2v) is 4.80. The van der Waals surface area contributed by atoms with Crippen LogP contribution in [0.15, 0.2) is 30.3 Å². The molecule has 1 N–H and O–H groups in total. The van der Waals surface area contributed by atoms with Crippen LogP contribution in [-0.2, 0) is 0 Å². The van der Waals surface area contributed by atoms with Gasteiger partial charge >= 0.3 is 0 Å². The lowest BCUT2D eigenvalue weighted by molar-refractivity contribution is 0.444. The highest BCUT2D eigenvalue weighted by Gasteiger charge is 2.16. The van der Waals surface area contributed by atoms with E-state index in [0.29, 0.717) is 11.8 Å². The van der Waals surface area contributed by atoms with Gasteiger partial charge in [0.2, 0.25) is 0 Å². The lowest BCUT2D eigenvalue weighted by Crippen LogP contribution is -2.32. The van der Waals surface area contributed by atoms with Crippen molar-refractivity contribution in [2.45, 2.75) is 39.2 Å². The molecule has 1 aromatic rings. The standard InChI is InChI=1S/C16H23N/c1-5-15(6-2)17-12-16(13(3)4)14-10-8-7-9-11-14/h1,7-11,13,15-17H,6,12H2,2-4H3. The van der Waals surface area contributed by atoms with Crippen molar-refractivity contribution in [3.63, 3.8) is 0 Å². The molecule has 0 bridgehead atoms. The Hall–Kier alpha value is -1.26. The summed E-state index contributed by atoms with van der Waals surface area (Å²) < 4.78 is 0. The predicted molar refractivity (Wildman–Crippen MR) is 74.9 cm³/mol. The fourth-order valence-corrected chi connectivity index (χ4v) is 2.03. The molecule has 17 heavy (non-hydrogen) atoms. The van der Waals surface area contributed by atoms with Crippen LogP contribution >= 0.6 is 0 Å². The van der Waals surface area contributed by atoms with Crippen LogP contribution < -0.4 is 5.32 Å². The summed E-state index contributed by atoms with van der Waals surface area (Å²) in [5, 5.41) is 3.46. The summed E-state index contributed by atoms with van der Waals surface area (Å²) in [6.07, 6.45) is 6.45. The molecule has 1 nitrogen and oxygen atoms in total. The van der Waals surface area contributed by atoms with Gasteiger partial charge in [0.1, 0.15) is 0 Å². The fraction of sp³-hybridized carbons (Fsp3) is 0.500. The Labute approximate surface area is 106 Å². The minimum Gasteiger partial charge on any atom is -0.303 e. The molecule has 0 saturated heterocycles. The highest BCUT2D eigenvalue weighted by molar-refractivity contribution is 5.20. The molecule has 0 amide bonds. The number of rotatable bonds is 6. The zero-order chi connectivity index (χ0) is 12.7. The molecule has 1 rings (SSSR count). The molecule has 0 spiro atoms. The minimum absolute atomic E-state index is 0.194. The average Bonchev–Trinajstić information content (AvgIpc) is 2.35. The molecule has 0 aliphatic heterocycles. The minimum atomic E-state index is 0.194. The van der Waals surface area contributed by atoms with Crippen LogP contribution in [0.4, 0.5) is 0 Å². The van der Waals surface area contributed by atoms with Crippen LogP contribution in [0.1, 0.15) is 38.7 Å². The first-order valence-corrected chi connectivity index (χ1v) is 6.43. The Morgan fingerprint density at radius 1 is 1.24 bits per heavy atom. The van der Waals surface area contributed by atoms with Gasteiger partial charge in [-0.15, -0.1) is 6.42 Å². The van der Waals surface area contributed by atoms with Crippen molar-refractivity contribution in [1.29, 1.82) is 0 Å². The van der Waals surface area contributed by atoms with Gasteiger partial charge in [-0.25, -0.2) is 0 Å². The quantitative estimate of drug-likeness (QED) is 0.737. The van der Waals surface area contributed by atoms with E-state index in [1.807, 2.05) is 0 Å². The van der Waals surface area contributed by atoms with Gasteiger partial charge in [0.25, 0.3) is 0 Å². The molecule has 0 aliphatic rings. The van der Waals surface area contributed by atoms with E-state index in [0.717, 1.165) is 13.0 Å². The molecule has 2 unspecified atom stereocenters. The molecular formula is C16H23N. The second-order valence-electron chi connectivity index (χ2n) is 4.80. The summed E-state index contributed by atoms with van der Waals surface area (Å²) in [5.74, 6) is 3.92. The molecule has 0 fully saturated rings. The summed E-state index contributed by atoms with van der Waals surface area (Å²) in [5.41, 5.74) is 1.39. The molecule has 0 aromatic heterocycles. The summed E-state index contributed by atoms with van der Waals surface area (Å²) in [7, 11) is 0. The number of benzene rings is 1. The van der Waals surface area contributed by atoms with Crippen molar-refractivity contribution in [3.05, 3.63) is 35.9 Å². The normalized spacial score (nSPS) is 14.3. The van der Waals surface area contributed by atoms with E-state index in [4.69, 9.17) is 6.42 Å². The van der Waals surface area contributed by atoms with Crippen LogP contribution in [0.2, 0.25) is 0 Å². The van der Waals surface area contributed by atoms with Gasteiger partial charge in [0, 0.05) is 6.54 Å². The molecular weight excluding hydrogens is 206 g/mol. The van der Waals surface area contributed by atoms with E-state index in [9.17, 15) is 0 Å². The van der Waals surface area contributed by atoms with Crippen molar-refractivity contribution >= 4 is 0 Å². The maximum absolute atomic E-state index is 5.47. The second kappa shape index (κ2) is 7.14. The van der Waals surface area contributed by atoms with E-state index in [1.54, 1.807) is 0 Å². The molecule has 0 radical (unpaired) electrons. The monoisotopic (exact) mass is 229 g/mol. The molecule has 92 valence electrons. The topological polar surface area (TPSA) is 12.0 Å². The molecule has 1 heteroatoms. The Balaban J connectivity index is 2.66. The Kier molecular flexibility index (Phi) is 5.80. The first kappa shape index (κ1) is 13.8. The van der Waals surface area contributed by atoms with Gasteiger partial charge in [-0.1, -0.05) is 57.0 Å². The molecule has 1 aromatic carbocycles. The summed E-state index contributed by atoms with van der Waals surface area (Å²) in [6.45, 7) is 7.58. The predicted octanol–water partition coefficient (Wildman–Crippen LogP) is 3.43. The molecule has 0 saturated carbocycles. The highest BCUT2D eigenvalue weighted by atomic mass is 14.9.